The molecule has 182 valence electrons. The summed E-state index contributed by atoms with van der Waals surface area (Å²) in [5.41, 5.74) is 0.529. The molecule has 1 aliphatic heterocycles. The first-order valence-electron chi connectivity index (χ1n) is 11.4. The highest BCUT2D eigenvalue weighted by molar-refractivity contribution is 5.84. The molecule has 1 N–H and O–H groups in total. The molecule has 1 fully saturated rings. The third kappa shape index (κ3) is 8.34. The summed E-state index contributed by atoms with van der Waals surface area (Å²) < 4.78 is 16.6. The van der Waals surface area contributed by atoms with Gasteiger partial charge < -0.3 is 24.4 Å². The first-order valence-corrected chi connectivity index (χ1v) is 11.4. The van der Waals surface area contributed by atoms with Crippen LogP contribution in [0.2, 0.25) is 0 Å². The number of nitrogens with zero attached hydrogens (tertiary/aromatic N) is 2. The Morgan fingerprint density at radius 1 is 1.15 bits per heavy atom. The van der Waals surface area contributed by atoms with Crippen LogP contribution in [-0.2, 0) is 25.6 Å². The first kappa shape index (κ1) is 26.6. The number of hydrogen-bond acceptors (Lipinski definition) is 6. The minimum absolute atomic E-state index is 0.0317. The lowest BCUT2D eigenvalue weighted by molar-refractivity contribution is -0.134. The van der Waals surface area contributed by atoms with Gasteiger partial charge in [0, 0.05) is 13.1 Å². The van der Waals surface area contributed by atoms with Gasteiger partial charge in [0.25, 0.3) is 5.91 Å². The van der Waals surface area contributed by atoms with Crippen molar-refractivity contribution in [1.82, 2.24) is 10.2 Å². The van der Waals surface area contributed by atoms with Gasteiger partial charge in [-0.25, -0.2) is 4.79 Å². The molecule has 33 heavy (non-hydrogen) atoms. The van der Waals surface area contributed by atoms with Crippen molar-refractivity contribution in [3.05, 3.63) is 35.9 Å². The summed E-state index contributed by atoms with van der Waals surface area (Å²) in [5.74, 6) is -0.496. The number of carbonyl (C=O) groups excluding carboxylic acids is 2. The number of hydrogen-bond donors (Lipinski definition) is 1. The second-order valence-electron chi connectivity index (χ2n) is 10.0. The van der Waals surface area contributed by atoms with Crippen LogP contribution < -0.4 is 5.32 Å². The summed E-state index contributed by atoms with van der Waals surface area (Å²) in [6, 6.07) is 10.8. The van der Waals surface area contributed by atoms with E-state index in [9.17, 15) is 14.9 Å². The monoisotopic (exact) mass is 459 g/mol. The Morgan fingerprint density at radius 2 is 1.79 bits per heavy atom. The summed E-state index contributed by atoms with van der Waals surface area (Å²) in [5, 5.41) is 12.2. The molecule has 1 aromatic carbocycles. The van der Waals surface area contributed by atoms with Gasteiger partial charge in [0.15, 0.2) is 6.10 Å². The largest absolute Gasteiger partial charge is 0.436 e. The molecular formula is C25H37N3O5. The number of morpholine rings is 1. The Morgan fingerprint density at radius 3 is 2.36 bits per heavy atom. The Labute approximate surface area is 197 Å². The first-order chi connectivity index (χ1) is 15.5. The molecule has 0 spiro atoms. The van der Waals surface area contributed by atoms with Gasteiger partial charge in [-0.3, -0.25) is 4.79 Å². The molecule has 1 aromatic rings. The van der Waals surface area contributed by atoms with E-state index >= 15 is 0 Å². The normalized spacial score (nSPS) is 16.4. The lowest BCUT2D eigenvalue weighted by Crippen LogP contribution is -2.50. The summed E-state index contributed by atoms with van der Waals surface area (Å²) >= 11 is 0. The fraction of sp³-hybridized carbons (Fsp3) is 0.640. The number of nitrogens with one attached hydrogen (secondary N) is 1. The van der Waals surface area contributed by atoms with Crippen LogP contribution in [0.25, 0.3) is 0 Å². The van der Waals surface area contributed by atoms with E-state index in [1.54, 1.807) is 4.90 Å². The van der Waals surface area contributed by atoms with Crippen LogP contribution in [0.15, 0.2) is 30.3 Å². The molecule has 1 heterocycles. The van der Waals surface area contributed by atoms with E-state index in [1.807, 2.05) is 44.2 Å². The molecule has 2 atom stereocenters. The van der Waals surface area contributed by atoms with Crippen molar-refractivity contribution in [3.8, 4) is 6.07 Å². The molecule has 0 radical (unpaired) electrons. The topological polar surface area (TPSA) is 101 Å². The van der Waals surface area contributed by atoms with Crippen LogP contribution in [0.4, 0.5) is 4.79 Å². The molecule has 1 saturated heterocycles. The van der Waals surface area contributed by atoms with Gasteiger partial charge in [0.2, 0.25) is 0 Å². The molecule has 8 nitrogen and oxygen atoms in total. The maximum Gasteiger partial charge on any atom is 0.410 e. The van der Waals surface area contributed by atoms with Crippen molar-refractivity contribution in [2.45, 2.75) is 59.8 Å². The Kier molecular flexibility index (Phi) is 9.69. The van der Waals surface area contributed by atoms with E-state index in [0.717, 1.165) is 5.56 Å². The van der Waals surface area contributed by atoms with Crippen molar-refractivity contribution >= 4 is 12.0 Å². The minimum Gasteiger partial charge on any atom is -0.436 e. The molecule has 0 aliphatic carbocycles. The second kappa shape index (κ2) is 12.0. The summed E-state index contributed by atoms with van der Waals surface area (Å²) in [6.07, 6.45) is -1.25. The average Bonchev–Trinajstić information content (AvgIpc) is 2.78. The van der Waals surface area contributed by atoms with Crippen LogP contribution in [0.1, 0.15) is 46.6 Å². The molecule has 2 rings (SSSR count). The second-order valence-corrected chi connectivity index (χ2v) is 10.0. The molecular weight excluding hydrogens is 422 g/mol. The van der Waals surface area contributed by atoms with Gasteiger partial charge in [0.1, 0.15) is 6.04 Å². The van der Waals surface area contributed by atoms with E-state index in [2.05, 4.69) is 32.2 Å². The maximum atomic E-state index is 13.1. The average molecular weight is 460 g/mol. The summed E-state index contributed by atoms with van der Waals surface area (Å²) in [7, 11) is 0. The van der Waals surface area contributed by atoms with Gasteiger partial charge in [-0.15, -0.1) is 0 Å². The van der Waals surface area contributed by atoms with Crippen LogP contribution in [-0.4, -0.2) is 62.0 Å². The van der Waals surface area contributed by atoms with Crippen molar-refractivity contribution in [1.29, 1.82) is 5.26 Å². The van der Waals surface area contributed by atoms with Gasteiger partial charge >= 0.3 is 6.09 Å². The van der Waals surface area contributed by atoms with Crippen molar-refractivity contribution in [3.63, 3.8) is 0 Å². The van der Waals surface area contributed by atoms with Crippen LogP contribution in [0.3, 0.4) is 0 Å². The number of nitriles is 1. The van der Waals surface area contributed by atoms with Crippen molar-refractivity contribution < 1.29 is 23.8 Å². The summed E-state index contributed by atoms with van der Waals surface area (Å²) in [6.45, 7) is 12.4. The predicted octanol–water partition coefficient (Wildman–Crippen LogP) is 3.51. The zero-order valence-electron chi connectivity index (χ0n) is 20.4. The smallest absolute Gasteiger partial charge is 0.410 e. The van der Waals surface area contributed by atoms with Gasteiger partial charge in [-0.1, -0.05) is 65.0 Å². The van der Waals surface area contributed by atoms with E-state index in [1.165, 1.54) is 0 Å². The van der Waals surface area contributed by atoms with Gasteiger partial charge in [-0.05, 0) is 22.8 Å². The van der Waals surface area contributed by atoms with E-state index < -0.39 is 24.1 Å². The molecule has 0 unspecified atom stereocenters. The molecule has 0 saturated carbocycles. The summed E-state index contributed by atoms with van der Waals surface area (Å²) in [4.78, 5) is 27.4. The number of ether oxygens (including phenoxy) is 3. The standard InChI is InChI=1S/C25H37N3O5/c1-24(2,3)25(4,5)15-21(33-23(30)28-11-13-31-14-12-28)22(29)27-20(16-26)18-32-17-19-9-7-6-8-10-19/h6-10,20-21H,11-15,17-18H2,1-5H3,(H,27,29)/t20-,21+/m1/s1. The van der Waals surface area contributed by atoms with Crippen LogP contribution in [0, 0.1) is 22.2 Å². The maximum absolute atomic E-state index is 13.1. The number of amides is 2. The Hall–Kier alpha value is -2.63. The van der Waals surface area contributed by atoms with Crippen LogP contribution in [0.5, 0.6) is 0 Å². The quantitative estimate of drug-likeness (QED) is 0.606. The highest BCUT2D eigenvalue weighted by Crippen LogP contribution is 2.42. The van der Waals surface area contributed by atoms with Gasteiger partial charge in [-0.2, -0.15) is 5.26 Å². The van der Waals surface area contributed by atoms with Gasteiger partial charge in [0.05, 0.1) is 32.5 Å². The number of carbonyl (C=O) groups is 2. The minimum atomic E-state index is -1.03. The molecule has 2 amide bonds. The fourth-order valence-corrected chi connectivity index (χ4v) is 3.14. The van der Waals surface area contributed by atoms with E-state index in [-0.39, 0.29) is 17.4 Å². The molecule has 0 aromatic heterocycles. The molecule has 0 bridgehead atoms. The highest BCUT2D eigenvalue weighted by atomic mass is 16.6. The number of rotatable bonds is 9. The zero-order chi connectivity index (χ0) is 24.5. The number of benzene rings is 1. The van der Waals surface area contributed by atoms with Crippen LogP contribution >= 0.6 is 0 Å². The Balaban J connectivity index is 2.03. The lowest BCUT2D eigenvalue weighted by Gasteiger charge is -2.41. The Bertz CT molecular complexity index is 808. The van der Waals surface area contributed by atoms with E-state index in [0.29, 0.717) is 39.3 Å². The fourth-order valence-electron chi connectivity index (χ4n) is 3.14. The molecule has 8 heteroatoms. The third-order valence-electron chi connectivity index (χ3n) is 6.40. The zero-order valence-corrected chi connectivity index (χ0v) is 20.4. The van der Waals surface area contributed by atoms with Crippen molar-refractivity contribution in [2.24, 2.45) is 10.8 Å². The SMILES string of the molecule is CC(C)(C)C(C)(C)C[C@H](OC(=O)N1CCOCC1)C(=O)N[C@H](C#N)COCc1ccccc1. The molecule has 1 aliphatic rings. The highest BCUT2D eigenvalue weighted by Gasteiger charge is 2.39. The lowest BCUT2D eigenvalue weighted by atomic mass is 9.66. The van der Waals surface area contributed by atoms with E-state index in [4.69, 9.17) is 14.2 Å². The third-order valence-corrected chi connectivity index (χ3v) is 6.40. The van der Waals surface area contributed by atoms with Crippen molar-refractivity contribution in [2.75, 3.05) is 32.9 Å². The predicted molar refractivity (Wildman–Crippen MR) is 124 cm³/mol.